The highest BCUT2D eigenvalue weighted by Crippen LogP contribution is 2.29. The topological polar surface area (TPSA) is 121 Å². The number of nitrogens with two attached hydrogens (primary N) is 1. The van der Waals surface area contributed by atoms with Gasteiger partial charge in [-0.05, 0) is 26.8 Å². The second kappa shape index (κ2) is 11.6. The lowest BCUT2D eigenvalue weighted by Gasteiger charge is -2.14. The zero-order valence-electron chi connectivity index (χ0n) is 15.3. The lowest BCUT2D eigenvalue weighted by Crippen LogP contribution is -3.11. The Morgan fingerprint density at radius 1 is 1.46 bits per heavy atom. The third-order valence-corrected chi connectivity index (χ3v) is 4.89. The minimum absolute atomic E-state index is 0.0898. The Balaban J connectivity index is 0.000000412. The zero-order chi connectivity index (χ0) is 19.7. The van der Waals surface area contributed by atoms with Crippen LogP contribution in [0.15, 0.2) is 17.1 Å². The smallest absolute Gasteiger partial charge is 0.372 e. The largest absolute Gasteiger partial charge is 0.408 e. The van der Waals surface area contributed by atoms with Crippen molar-refractivity contribution in [3.05, 3.63) is 22.7 Å². The highest BCUT2D eigenvalue weighted by Gasteiger charge is 2.36. The summed E-state index contributed by atoms with van der Waals surface area (Å²) in [6.07, 6.45) is -0.532. The second-order valence-electron chi connectivity index (χ2n) is 5.80. The summed E-state index contributed by atoms with van der Waals surface area (Å²) in [5.41, 5.74) is 4.82. The quantitative estimate of drug-likeness (QED) is 0.413. The number of quaternary nitrogens is 1. The molecule has 148 valence electrons. The maximum Gasteiger partial charge on any atom is 0.372 e. The molecule has 1 aliphatic rings. The van der Waals surface area contributed by atoms with Gasteiger partial charge in [-0.2, -0.15) is 9.51 Å². The van der Waals surface area contributed by atoms with E-state index in [0.717, 1.165) is 0 Å². The van der Waals surface area contributed by atoms with Crippen LogP contribution < -0.4 is 16.3 Å². The van der Waals surface area contributed by atoms with Gasteiger partial charge in [-0.1, -0.05) is 4.57 Å². The predicted octanol–water partition coefficient (Wildman–Crippen LogP) is -0.374. The molecule has 1 fully saturated rings. The van der Waals surface area contributed by atoms with Gasteiger partial charge in [0, 0.05) is 12.6 Å². The summed E-state index contributed by atoms with van der Waals surface area (Å²) in [4.78, 5) is 16.9. The van der Waals surface area contributed by atoms with E-state index in [1.807, 2.05) is 0 Å². The number of aliphatic hydroxyl groups is 1. The molecular formula is C15H28N4O5PS+. The highest BCUT2D eigenvalue weighted by atomic mass is 32.7. The number of aliphatic hydroxyl groups excluding tert-OH is 1. The van der Waals surface area contributed by atoms with Crippen molar-refractivity contribution in [2.75, 3.05) is 32.0 Å². The molecule has 9 nitrogen and oxygen atoms in total. The summed E-state index contributed by atoms with van der Waals surface area (Å²) < 4.78 is 22.1. The van der Waals surface area contributed by atoms with Crippen LogP contribution in [0.2, 0.25) is 0 Å². The van der Waals surface area contributed by atoms with Crippen molar-refractivity contribution >= 4 is 25.3 Å². The summed E-state index contributed by atoms with van der Waals surface area (Å²) in [5.74, 6) is 0.114. The van der Waals surface area contributed by atoms with Crippen molar-refractivity contribution in [3.63, 3.8) is 0 Å². The SMILES string of the molecule is CC[NH+](CC)CC.Nc1ccn([C@H]2C[C@H](O)[C@@H](CO[P+](=O)[S-])O2)c(=O)n1. The minimum Gasteiger partial charge on any atom is -0.408 e. The number of nitrogens with zero attached hydrogens (tertiary/aromatic N) is 2. The van der Waals surface area contributed by atoms with Crippen molar-refractivity contribution in [3.8, 4) is 0 Å². The van der Waals surface area contributed by atoms with Crippen LogP contribution in [0.5, 0.6) is 0 Å². The summed E-state index contributed by atoms with van der Waals surface area (Å²) in [6, 6.07) is 1.46. The molecule has 0 bridgehead atoms. The van der Waals surface area contributed by atoms with Gasteiger partial charge in [-0.3, -0.25) is 4.57 Å². The fourth-order valence-electron chi connectivity index (χ4n) is 2.57. The first-order valence-electron chi connectivity index (χ1n) is 8.61. The monoisotopic (exact) mass is 407 g/mol. The molecule has 4 atom stereocenters. The number of nitrogens with one attached hydrogen (secondary N) is 1. The van der Waals surface area contributed by atoms with Crippen LogP contribution >= 0.6 is 7.23 Å². The number of hydrogen-bond acceptors (Lipinski definition) is 8. The maximum atomic E-state index is 11.6. The number of aromatic nitrogens is 2. The molecule has 1 unspecified atom stereocenters. The summed E-state index contributed by atoms with van der Waals surface area (Å²) in [5, 5.41) is 9.78. The van der Waals surface area contributed by atoms with Crippen LogP contribution in [-0.4, -0.2) is 53.1 Å². The lowest BCUT2D eigenvalue weighted by molar-refractivity contribution is -0.894. The molecule has 0 saturated carbocycles. The van der Waals surface area contributed by atoms with Crippen molar-refractivity contribution in [2.24, 2.45) is 0 Å². The average molecular weight is 407 g/mol. The van der Waals surface area contributed by atoms with Crippen molar-refractivity contribution in [2.45, 2.75) is 45.6 Å². The molecular weight excluding hydrogens is 379 g/mol. The normalized spacial score (nSPS) is 22.8. The molecule has 0 spiro atoms. The van der Waals surface area contributed by atoms with Gasteiger partial charge in [0.1, 0.15) is 24.8 Å². The molecule has 0 radical (unpaired) electrons. The van der Waals surface area contributed by atoms with E-state index in [1.54, 1.807) is 4.90 Å². The van der Waals surface area contributed by atoms with E-state index in [4.69, 9.17) is 15.0 Å². The molecule has 4 N–H and O–H groups in total. The third kappa shape index (κ3) is 7.30. The summed E-state index contributed by atoms with van der Waals surface area (Å²) >= 11 is 4.38. The molecule has 1 aromatic heterocycles. The van der Waals surface area contributed by atoms with Gasteiger partial charge in [0.25, 0.3) is 0 Å². The molecule has 1 saturated heterocycles. The average Bonchev–Trinajstić information content (AvgIpc) is 2.95. The molecule has 2 rings (SSSR count). The lowest BCUT2D eigenvalue weighted by atomic mass is 10.2. The van der Waals surface area contributed by atoms with E-state index in [9.17, 15) is 14.5 Å². The van der Waals surface area contributed by atoms with Crippen LogP contribution in [0.3, 0.4) is 0 Å². The number of nitrogen functional groups attached to an aromatic ring is 1. The standard InChI is InChI=1S/C9H12N3O5PS.C6H15N/c10-7-1-2-12(9(14)11-7)8-3-5(13)6(17-8)4-16-18(15)19;1-4-7(5-2)6-3/h1-2,5-6,8,13H,3-4H2,(H2,10,11,14);4-6H2,1-3H3/p+1/t5-,6+,8+;/m0./s1. The third-order valence-electron chi connectivity index (χ3n) is 4.21. The molecule has 1 aliphatic heterocycles. The first-order chi connectivity index (χ1) is 12.3. The van der Waals surface area contributed by atoms with E-state index in [2.05, 4.69) is 38.0 Å². The molecule has 1 aromatic rings. The molecule has 0 amide bonds. The van der Waals surface area contributed by atoms with Crippen LogP contribution in [0.4, 0.5) is 5.82 Å². The van der Waals surface area contributed by atoms with Gasteiger partial charge in [0.05, 0.1) is 25.7 Å². The van der Waals surface area contributed by atoms with Crippen LogP contribution in [-0.2, 0) is 26.1 Å². The van der Waals surface area contributed by atoms with E-state index in [0.29, 0.717) is 0 Å². The summed E-state index contributed by atoms with van der Waals surface area (Å²) in [7, 11) is -2.17. The first kappa shape index (κ1) is 23.0. The van der Waals surface area contributed by atoms with Crippen molar-refractivity contribution in [1.82, 2.24) is 9.55 Å². The number of hydrogen-bond donors (Lipinski definition) is 3. The van der Waals surface area contributed by atoms with Gasteiger partial charge in [-0.15, -0.1) is 0 Å². The van der Waals surface area contributed by atoms with Gasteiger partial charge in [0.2, 0.25) is 0 Å². The molecule has 2 heterocycles. The van der Waals surface area contributed by atoms with Crippen molar-refractivity contribution < 1.29 is 23.8 Å². The van der Waals surface area contributed by atoms with Gasteiger partial charge >= 0.3 is 12.9 Å². The van der Waals surface area contributed by atoms with Crippen molar-refractivity contribution in [1.29, 1.82) is 0 Å². The fraction of sp³-hybridized carbons (Fsp3) is 0.733. The van der Waals surface area contributed by atoms with E-state index in [1.165, 1.54) is 36.5 Å². The molecule has 11 heteroatoms. The Labute approximate surface area is 159 Å². The highest BCUT2D eigenvalue weighted by molar-refractivity contribution is 8.25. The Morgan fingerprint density at radius 3 is 2.54 bits per heavy atom. The number of anilines is 1. The first-order valence-corrected chi connectivity index (χ1v) is 10.8. The number of rotatable bonds is 7. The Bertz CT molecular complexity index is 623. The summed E-state index contributed by atoms with van der Waals surface area (Å²) in [6.45, 7) is 10.4. The van der Waals surface area contributed by atoms with E-state index < -0.39 is 31.4 Å². The Morgan fingerprint density at radius 2 is 2.08 bits per heavy atom. The molecule has 26 heavy (non-hydrogen) atoms. The Kier molecular flexibility index (Phi) is 10.3. The van der Waals surface area contributed by atoms with Crippen LogP contribution in [0.1, 0.15) is 33.4 Å². The van der Waals surface area contributed by atoms with Gasteiger partial charge in [-0.25, -0.2) is 4.79 Å². The van der Waals surface area contributed by atoms with Crippen LogP contribution in [0, 0.1) is 0 Å². The van der Waals surface area contributed by atoms with Crippen LogP contribution in [0.25, 0.3) is 0 Å². The molecule has 0 aromatic carbocycles. The molecule has 0 aliphatic carbocycles. The fourth-order valence-corrected chi connectivity index (χ4v) is 3.02. The van der Waals surface area contributed by atoms with E-state index >= 15 is 0 Å². The minimum atomic E-state index is -2.17. The second-order valence-corrected chi connectivity index (χ2v) is 7.40. The van der Waals surface area contributed by atoms with Gasteiger partial charge < -0.3 is 32.7 Å². The Hall–Kier alpha value is -1.03. The number of ether oxygens (including phenoxy) is 1. The predicted molar refractivity (Wildman–Crippen MR) is 101 cm³/mol. The maximum absolute atomic E-state index is 11.6. The van der Waals surface area contributed by atoms with E-state index in [-0.39, 0.29) is 18.8 Å². The van der Waals surface area contributed by atoms with Gasteiger partial charge in [0.15, 0.2) is 0 Å². The zero-order valence-corrected chi connectivity index (χ0v) is 17.0.